The molecule has 2 aromatic carbocycles. The molecule has 3 fully saturated rings. The molecule has 21 heteroatoms. The van der Waals surface area contributed by atoms with Crippen LogP contribution in [-0.2, 0) is 30.3 Å². The number of nitrogens with zero attached hydrogens (tertiary/aromatic N) is 7. The summed E-state index contributed by atoms with van der Waals surface area (Å²) < 4.78 is 3.97. The van der Waals surface area contributed by atoms with Crippen LogP contribution in [0.4, 0.5) is 11.4 Å². The van der Waals surface area contributed by atoms with Gasteiger partial charge in [-0.15, -0.1) is 0 Å². The Bertz CT molecular complexity index is 1640. The van der Waals surface area contributed by atoms with Crippen molar-refractivity contribution in [3.63, 3.8) is 0 Å². The van der Waals surface area contributed by atoms with Gasteiger partial charge in [0, 0.05) is 149 Å². The predicted molar refractivity (Wildman–Crippen MR) is 228 cm³/mol. The number of piperazine rings is 3. The number of ether oxygens (including phenoxy) is 1. The number of benzene rings is 2. The molecule has 0 atom stereocenters. The molecule has 0 saturated carbocycles. The maximum absolute atomic E-state index is 11.2. The van der Waals surface area contributed by atoms with Gasteiger partial charge in [0.05, 0.1) is 23.1 Å². The standard InChI is InChI=1S/C15H21N3O3.C8H16N2O2.C7H4ClNO3.C6H14N2O.C4H6O3/c1-13(19)17-10-8-16(9-11-17)7-3-5-14-4-2-6-15(12-14)18(20)21;1-8(12)10-4-2-9(3-5-10)6-7-11;8-7(10)5-2-1-3-6(4-5)9(11)12;9-6-5-8-3-1-7-2-4-8;1-3(5)7-4(2)6/h2,4,6,12H,3,5,7-11H2,1H3;11H,2-7H2,1H3;1-4H;7,9H,1-6H2;1-2H3. The van der Waals surface area contributed by atoms with E-state index in [0.29, 0.717) is 6.61 Å². The number of halogens is 1. The van der Waals surface area contributed by atoms with Gasteiger partial charge in [0.1, 0.15) is 0 Å². The van der Waals surface area contributed by atoms with Crippen molar-refractivity contribution in [1.29, 1.82) is 0 Å². The van der Waals surface area contributed by atoms with E-state index in [0.717, 1.165) is 123 Å². The lowest BCUT2D eigenvalue weighted by Gasteiger charge is -2.34. The summed E-state index contributed by atoms with van der Waals surface area (Å²) in [6.07, 6.45) is 1.82. The average molecular weight is 881 g/mol. The summed E-state index contributed by atoms with van der Waals surface area (Å²) in [6.45, 7) is 19.7. The maximum Gasteiger partial charge on any atom is 0.310 e. The van der Waals surface area contributed by atoms with Crippen LogP contribution in [-0.4, -0.2) is 185 Å². The second-order valence-corrected chi connectivity index (χ2v) is 14.3. The van der Waals surface area contributed by atoms with E-state index < -0.39 is 22.1 Å². The SMILES string of the molecule is CC(=O)N1CCN(CCCc2cccc([N+](=O)[O-])c2)CC1.CC(=O)N1CCN(CCO)CC1.CC(=O)OC(C)=O.O=C(Cl)c1cccc([N+](=O)[O-])c1.OCCN1CCNCC1. The van der Waals surface area contributed by atoms with Crippen LogP contribution in [0.25, 0.3) is 0 Å². The molecule has 0 spiro atoms. The Morgan fingerprint density at radius 3 is 1.48 bits per heavy atom. The zero-order chi connectivity index (χ0) is 45.7. The lowest BCUT2D eigenvalue weighted by molar-refractivity contribution is -0.385. The third-order valence-electron chi connectivity index (χ3n) is 9.31. The summed E-state index contributed by atoms with van der Waals surface area (Å²) in [5, 5.41) is 40.7. The lowest BCUT2D eigenvalue weighted by Crippen LogP contribution is -2.48. The van der Waals surface area contributed by atoms with E-state index in [4.69, 9.17) is 21.8 Å². The van der Waals surface area contributed by atoms with Gasteiger partial charge in [0.2, 0.25) is 11.8 Å². The summed E-state index contributed by atoms with van der Waals surface area (Å²) in [5.74, 6) is -0.829. The van der Waals surface area contributed by atoms with Crippen LogP contribution in [0.1, 0.15) is 50.0 Å². The van der Waals surface area contributed by atoms with E-state index in [9.17, 15) is 44.2 Å². The summed E-state index contributed by atoms with van der Waals surface area (Å²) in [4.78, 5) is 82.8. The van der Waals surface area contributed by atoms with Gasteiger partial charge >= 0.3 is 11.9 Å². The van der Waals surface area contributed by atoms with E-state index in [1.807, 2.05) is 15.9 Å². The van der Waals surface area contributed by atoms with Gasteiger partial charge in [0.25, 0.3) is 16.6 Å². The number of β-amino-alcohol motifs (C(OH)–C–C–N with tert-alkyl or cyclic N) is 2. The average Bonchev–Trinajstić information content (AvgIpc) is 3.22. The lowest BCUT2D eigenvalue weighted by atomic mass is 10.1. The molecule has 3 saturated heterocycles. The Kier molecular flexibility index (Phi) is 27.4. The van der Waals surface area contributed by atoms with Crippen LogP contribution in [0.5, 0.6) is 0 Å². The minimum absolute atomic E-state index is 0.130. The van der Waals surface area contributed by atoms with Crippen LogP contribution < -0.4 is 5.32 Å². The molecular weight excluding hydrogens is 820 g/mol. The molecule has 3 aliphatic rings. The van der Waals surface area contributed by atoms with E-state index in [2.05, 4.69) is 24.8 Å². The number of carbonyl (C=O) groups excluding carboxylic acids is 5. The summed E-state index contributed by atoms with van der Waals surface area (Å²) >= 11 is 5.12. The smallest absolute Gasteiger partial charge is 0.310 e. The van der Waals surface area contributed by atoms with Gasteiger partial charge in [0.15, 0.2) is 0 Å². The second-order valence-electron chi connectivity index (χ2n) is 13.9. The largest absolute Gasteiger partial charge is 0.395 e. The van der Waals surface area contributed by atoms with Crippen molar-refractivity contribution in [2.75, 3.05) is 111 Å². The van der Waals surface area contributed by atoms with Gasteiger partial charge in [-0.2, -0.15) is 0 Å². The molecule has 0 radical (unpaired) electrons. The molecule has 3 heterocycles. The number of nitrogens with one attached hydrogen (secondary N) is 1. The van der Waals surface area contributed by atoms with Gasteiger partial charge in [-0.3, -0.25) is 58.9 Å². The van der Waals surface area contributed by atoms with Crippen molar-refractivity contribution in [2.24, 2.45) is 0 Å². The number of carbonyl (C=O) groups is 5. The number of nitro groups is 2. The zero-order valence-electron chi connectivity index (χ0n) is 35.5. The molecule has 0 aliphatic carbocycles. The molecule has 340 valence electrons. The monoisotopic (exact) mass is 880 g/mol. The van der Waals surface area contributed by atoms with E-state index >= 15 is 0 Å². The minimum atomic E-state index is -0.696. The van der Waals surface area contributed by atoms with Crippen LogP contribution in [0.15, 0.2) is 48.5 Å². The van der Waals surface area contributed by atoms with Crippen molar-refractivity contribution in [1.82, 2.24) is 29.8 Å². The number of hydrogen-bond acceptors (Lipinski definition) is 16. The van der Waals surface area contributed by atoms with Crippen molar-refractivity contribution < 1.29 is 48.8 Å². The summed E-state index contributed by atoms with van der Waals surface area (Å²) in [6, 6.07) is 12.1. The highest BCUT2D eigenvalue weighted by Gasteiger charge is 2.19. The fourth-order valence-corrected chi connectivity index (χ4v) is 6.18. The summed E-state index contributed by atoms with van der Waals surface area (Å²) in [7, 11) is 0. The fraction of sp³-hybridized carbons (Fsp3) is 0.575. The van der Waals surface area contributed by atoms with Crippen molar-refractivity contribution in [2.45, 2.75) is 40.5 Å². The van der Waals surface area contributed by atoms with Crippen molar-refractivity contribution in [3.05, 3.63) is 79.9 Å². The maximum atomic E-state index is 11.2. The molecule has 2 amide bonds. The van der Waals surface area contributed by atoms with E-state index in [-0.39, 0.29) is 40.3 Å². The van der Waals surface area contributed by atoms with E-state index in [1.165, 1.54) is 38.1 Å². The van der Waals surface area contributed by atoms with Crippen molar-refractivity contribution >= 4 is 52.0 Å². The molecule has 3 aliphatic heterocycles. The Balaban J connectivity index is 0.000000404. The zero-order valence-corrected chi connectivity index (χ0v) is 36.3. The third-order valence-corrected chi connectivity index (χ3v) is 9.53. The molecule has 0 aromatic heterocycles. The molecule has 61 heavy (non-hydrogen) atoms. The first kappa shape index (κ1) is 54.1. The fourth-order valence-electron chi connectivity index (χ4n) is 6.07. The Morgan fingerprint density at radius 1 is 0.656 bits per heavy atom. The van der Waals surface area contributed by atoms with Gasteiger partial charge in [-0.05, 0) is 42.6 Å². The number of hydrogen-bond donors (Lipinski definition) is 3. The molecular formula is C40H61ClN8O12. The summed E-state index contributed by atoms with van der Waals surface area (Å²) in [5.41, 5.74) is 1.15. The quantitative estimate of drug-likeness (QED) is 0.0957. The molecule has 5 rings (SSSR count). The molecule has 0 unspecified atom stereocenters. The molecule has 2 aromatic rings. The van der Waals surface area contributed by atoms with Crippen LogP contribution in [0, 0.1) is 20.2 Å². The minimum Gasteiger partial charge on any atom is -0.395 e. The van der Waals surface area contributed by atoms with E-state index in [1.54, 1.807) is 26.0 Å². The topological polar surface area (TPSA) is 250 Å². The first-order valence-electron chi connectivity index (χ1n) is 19.9. The number of aliphatic hydroxyl groups excluding tert-OH is 2. The van der Waals surface area contributed by atoms with Gasteiger partial charge in [-0.25, -0.2) is 0 Å². The van der Waals surface area contributed by atoms with Crippen LogP contribution in [0.2, 0.25) is 0 Å². The molecule has 3 N–H and O–H groups in total. The van der Waals surface area contributed by atoms with Crippen molar-refractivity contribution in [3.8, 4) is 0 Å². The number of aliphatic hydroxyl groups is 2. The number of nitro benzene ring substituents is 2. The third kappa shape index (κ3) is 24.8. The highest BCUT2D eigenvalue weighted by molar-refractivity contribution is 6.67. The predicted octanol–water partition coefficient (Wildman–Crippen LogP) is 1.79. The highest BCUT2D eigenvalue weighted by Crippen LogP contribution is 2.16. The van der Waals surface area contributed by atoms with Crippen LogP contribution in [0.3, 0.4) is 0 Å². The number of non-ortho nitro benzene ring substituents is 2. The van der Waals surface area contributed by atoms with Gasteiger partial charge < -0.3 is 30.1 Å². The Morgan fingerprint density at radius 2 is 1.08 bits per heavy atom. The number of rotatable bonds is 11. The first-order chi connectivity index (χ1) is 29.0. The Labute approximate surface area is 361 Å². The number of aryl methyl sites for hydroxylation is 1. The normalized spacial score (nSPS) is 15.4. The van der Waals surface area contributed by atoms with Crippen LogP contribution >= 0.6 is 11.6 Å². The Hall–Kier alpha value is -4.96. The number of esters is 2. The molecule has 0 bridgehead atoms. The highest BCUT2D eigenvalue weighted by atomic mass is 35.5. The molecule has 20 nitrogen and oxygen atoms in total. The van der Waals surface area contributed by atoms with Gasteiger partial charge in [-0.1, -0.05) is 18.2 Å². The first-order valence-corrected chi connectivity index (χ1v) is 20.3. The second kappa shape index (κ2) is 31.0. The number of amides is 2.